The fourth-order valence-corrected chi connectivity index (χ4v) is 4.45. The Hall–Kier alpha value is -1.65. The van der Waals surface area contributed by atoms with Gasteiger partial charge in [-0.3, -0.25) is 9.69 Å². The number of thioether (sulfide) groups is 1. The van der Waals surface area contributed by atoms with Gasteiger partial charge in [0.2, 0.25) is 0 Å². The van der Waals surface area contributed by atoms with Gasteiger partial charge < -0.3 is 9.52 Å². The number of carbonyl (C=O) groups is 2. The summed E-state index contributed by atoms with van der Waals surface area (Å²) >= 11 is 8.52. The average Bonchev–Trinajstić information content (AvgIpc) is 3.16. The van der Waals surface area contributed by atoms with E-state index in [-0.39, 0.29) is 10.7 Å². The number of amides is 1. The molecule has 3 rings (SSSR count). The Labute approximate surface area is 173 Å². The first-order chi connectivity index (χ1) is 12.4. The topological polar surface area (TPSA) is 70.8 Å². The van der Waals surface area contributed by atoms with Crippen molar-refractivity contribution < 1.29 is 19.1 Å². The van der Waals surface area contributed by atoms with E-state index in [1.807, 2.05) is 30.3 Å². The van der Waals surface area contributed by atoms with E-state index < -0.39 is 17.9 Å². The number of halogens is 1. The molecular weight excluding hydrogens is 485 g/mol. The Balaban J connectivity index is 1.86. The molecule has 0 radical (unpaired) electrons. The zero-order chi connectivity index (χ0) is 18.8. The van der Waals surface area contributed by atoms with Crippen molar-refractivity contribution in [1.29, 1.82) is 0 Å². The number of rotatable bonds is 5. The molecule has 2 aromatic rings. The maximum atomic E-state index is 12.6. The Morgan fingerprint density at radius 2 is 2.19 bits per heavy atom. The molecule has 1 saturated heterocycles. The molecule has 0 saturated carbocycles. The third kappa shape index (κ3) is 3.86. The Kier molecular flexibility index (Phi) is 5.83. The molecule has 1 aliphatic heterocycles. The molecule has 134 valence electrons. The standard InChI is InChI=1S/C18H14INO4S2/c1-2-13(17(22)23)20-16(21)15(26-18(20)25)9-12-6-7-14(24-12)10-4-3-5-11(19)8-10/h3-9,13H,2H2,1H3,(H,22,23)/b15-9-. The lowest BCUT2D eigenvalue weighted by Gasteiger charge is -2.21. The minimum absolute atomic E-state index is 0.250. The highest BCUT2D eigenvalue weighted by molar-refractivity contribution is 14.1. The number of thiocarbonyl (C=S) groups is 1. The summed E-state index contributed by atoms with van der Waals surface area (Å²) in [7, 11) is 0. The van der Waals surface area contributed by atoms with Crippen LogP contribution in [0, 0.1) is 3.57 Å². The molecule has 1 atom stereocenters. The van der Waals surface area contributed by atoms with Crippen LogP contribution in [-0.4, -0.2) is 32.2 Å². The highest BCUT2D eigenvalue weighted by Crippen LogP contribution is 2.35. The SMILES string of the molecule is CCC(C(=O)O)N1C(=O)/C(=C/c2ccc(-c3cccc(I)c3)o2)SC1=S. The zero-order valence-corrected chi connectivity index (χ0v) is 17.4. The van der Waals surface area contributed by atoms with Gasteiger partial charge in [-0.25, -0.2) is 4.79 Å². The van der Waals surface area contributed by atoms with Crippen LogP contribution < -0.4 is 0 Å². The molecule has 1 aromatic heterocycles. The second-order valence-electron chi connectivity index (χ2n) is 5.53. The molecule has 5 nitrogen and oxygen atoms in total. The van der Waals surface area contributed by atoms with Crippen LogP contribution in [0.1, 0.15) is 19.1 Å². The van der Waals surface area contributed by atoms with E-state index in [1.165, 1.54) is 0 Å². The number of aliphatic carboxylic acids is 1. The number of furan rings is 1. The third-order valence-corrected chi connectivity index (χ3v) is 5.82. The fraction of sp³-hybridized carbons (Fsp3) is 0.167. The Morgan fingerprint density at radius 3 is 2.85 bits per heavy atom. The van der Waals surface area contributed by atoms with Gasteiger partial charge >= 0.3 is 5.97 Å². The Morgan fingerprint density at radius 1 is 1.42 bits per heavy atom. The van der Waals surface area contributed by atoms with E-state index in [1.54, 1.807) is 19.1 Å². The number of carboxylic acids is 1. The first-order valence-electron chi connectivity index (χ1n) is 7.76. The average molecular weight is 499 g/mol. The lowest BCUT2D eigenvalue weighted by atomic mass is 10.2. The molecular formula is C18H14INO4S2. The lowest BCUT2D eigenvalue weighted by molar-refractivity contribution is -0.145. The third-order valence-electron chi connectivity index (χ3n) is 3.82. The van der Waals surface area contributed by atoms with Crippen molar-refractivity contribution in [3.63, 3.8) is 0 Å². The van der Waals surface area contributed by atoms with E-state index in [0.29, 0.717) is 16.4 Å². The van der Waals surface area contributed by atoms with Gasteiger partial charge in [0.05, 0.1) is 4.91 Å². The molecule has 1 N–H and O–H groups in total. The minimum atomic E-state index is -1.07. The highest BCUT2D eigenvalue weighted by atomic mass is 127. The van der Waals surface area contributed by atoms with Gasteiger partial charge in [-0.15, -0.1) is 0 Å². The molecule has 1 amide bonds. The van der Waals surface area contributed by atoms with Gasteiger partial charge in [-0.2, -0.15) is 0 Å². The number of carboxylic acid groups (broad SMARTS) is 1. The molecule has 0 bridgehead atoms. The van der Waals surface area contributed by atoms with Crippen molar-refractivity contribution in [2.24, 2.45) is 0 Å². The number of carbonyl (C=O) groups excluding carboxylic acids is 1. The van der Waals surface area contributed by atoms with Crippen LogP contribution in [0.5, 0.6) is 0 Å². The van der Waals surface area contributed by atoms with E-state index in [9.17, 15) is 14.7 Å². The minimum Gasteiger partial charge on any atom is -0.480 e. The second-order valence-corrected chi connectivity index (χ2v) is 8.45. The van der Waals surface area contributed by atoms with Crippen molar-refractivity contribution in [2.45, 2.75) is 19.4 Å². The van der Waals surface area contributed by atoms with Crippen LogP contribution in [0.3, 0.4) is 0 Å². The molecule has 0 aliphatic carbocycles. The maximum absolute atomic E-state index is 12.6. The summed E-state index contributed by atoms with van der Waals surface area (Å²) in [6.07, 6.45) is 1.89. The van der Waals surface area contributed by atoms with Gasteiger partial charge in [-0.05, 0) is 53.3 Å². The van der Waals surface area contributed by atoms with Crippen molar-refractivity contribution in [3.05, 3.63) is 50.6 Å². The smallest absolute Gasteiger partial charge is 0.326 e. The summed E-state index contributed by atoms with van der Waals surface area (Å²) in [4.78, 5) is 25.5. The van der Waals surface area contributed by atoms with E-state index in [2.05, 4.69) is 22.6 Å². The summed E-state index contributed by atoms with van der Waals surface area (Å²) in [6, 6.07) is 10.5. The van der Waals surface area contributed by atoms with Crippen LogP contribution in [0.25, 0.3) is 17.4 Å². The summed E-state index contributed by atoms with van der Waals surface area (Å²) in [6.45, 7) is 1.71. The fourth-order valence-electron chi connectivity index (χ4n) is 2.57. The summed E-state index contributed by atoms with van der Waals surface area (Å²) < 4.78 is 7.16. The van der Waals surface area contributed by atoms with Crippen molar-refractivity contribution in [1.82, 2.24) is 4.90 Å². The van der Waals surface area contributed by atoms with Gasteiger partial charge in [0.15, 0.2) is 0 Å². The molecule has 1 aromatic carbocycles. The monoisotopic (exact) mass is 499 g/mol. The maximum Gasteiger partial charge on any atom is 0.326 e. The predicted molar refractivity (Wildman–Crippen MR) is 114 cm³/mol. The number of hydrogen-bond acceptors (Lipinski definition) is 5. The molecule has 8 heteroatoms. The molecule has 1 fully saturated rings. The molecule has 2 heterocycles. The van der Waals surface area contributed by atoms with Gasteiger partial charge in [-0.1, -0.05) is 43.0 Å². The molecule has 1 unspecified atom stereocenters. The summed E-state index contributed by atoms with van der Waals surface area (Å²) in [5.41, 5.74) is 0.945. The molecule has 26 heavy (non-hydrogen) atoms. The largest absolute Gasteiger partial charge is 0.480 e. The van der Waals surface area contributed by atoms with E-state index in [0.717, 1.165) is 25.8 Å². The van der Waals surface area contributed by atoms with Gasteiger partial charge in [0.1, 0.15) is 21.9 Å². The zero-order valence-electron chi connectivity index (χ0n) is 13.6. The first-order valence-corrected chi connectivity index (χ1v) is 10.1. The van der Waals surface area contributed by atoms with Crippen LogP contribution in [0.15, 0.2) is 45.7 Å². The summed E-state index contributed by atoms with van der Waals surface area (Å²) in [5.74, 6) is -0.254. The lowest BCUT2D eigenvalue weighted by Crippen LogP contribution is -2.43. The van der Waals surface area contributed by atoms with Crippen molar-refractivity contribution in [3.8, 4) is 11.3 Å². The van der Waals surface area contributed by atoms with E-state index >= 15 is 0 Å². The Bertz CT molecular complexity index is 921. The second kappa shape index (κ2) is 7.93. The van der Waals surface area contributed by atoms with Crippen LogP contribution >= 0.6 is 46.6 Å². The first kappa shape index (κ1) is 19.1. The van der Waals surface area contributed by atoms with Crippen molar-refractivity contribution in [2.75, 3.05) is 0 Å². The number of hydrogen-bond donors (Lipinski definition) is 1. The molecule has 1 aliphatic rings. The van der Waals surface area contributed by atoms with E-state index in [4.69, 9.17) is 16.6 Å². The highest BCUT2D eigenvalue weighted by Gasteiger charge is 2.39. The number of nitrogens with zero attached hydrogens (tertiary/aromatic N) is 1. The van der Waals surface area contributed by atoms with Gasteiger partial charge in [0.25, 0.3) is 5.91 Å². The summed E-state index contributed by atoms with van der Waals surface area (Å²) in [5, 5.41) is 9.30. The number of benzene rings is 1. The quantitative estimate of drug-likeness (QED) is 0.368. The normalized spacial score (nSPS) is 17.2. The van der Waals surface area contributed by atoms with Crippen LogP contribution in [0.2, 0.25) is 0 Å². The van der Waals surface area contributed by atoms with Crippen LogP contribution in [0.4, 0.5) is 0 Å². The van der Waals surface area contributed by atoms with Crippen molar-refractivity contribution >= 4 is 68.8 Å². The van der Waals surface area contributed by atoms with Crippen LogP contribution in [-0.2, 0) is 9.59 Å². The molecule has 0 spiro atoms. The predicted octanol–water partition coefficient (Wildman–Crippen LogP) is 4.62. The van der Waals surface area contributed by atoms with Gasteiger partial charge in [0, 0.05) is 15.2 Å².